The van der Waals surface area contributed by atoms with Crippen LogP contribution in [0.1, 0.15) is 45.1 Å². The molecule has 0 N–H and O–H groups in total. The molecule has 1 aromatic rings. The van der Waals surface area contributed by atoms with Crippen LogP contribution in [0.5, 0.6) is 0 Å². The van der Waals surface area contributed by atoms with Crippen molar-refractivity contribution in [2.24, 2.45) is 5.41 Å². The number of pyridine rings is 1. The monoisotopic (exact) mass is 242 g/mol. The van der Waals surface area contributed by atoms with E-state index in [0.717, 1.165) is 18.7 Å². The lowest BCUT2D eigenvalue weighted by atomic mass is 9.64. The standard InChI is InChI=1S/C16H22N2/c1-4-16(3)10-14(11-16)18-12(2)7-8-13-6-5-9-17-15(13)18/h5-6,9,14H,2,4,7-8,10-11H2,1,3H3. The second kappa shape index (κ2) is 4.11. The molecule has 0 radical (unpaired) electrons. The zero-order valence-electron chi connectivity index (χ0n) is 11.4. The summed E-state index contributed by atoms with van der Waals surface area (Å²) >= 11 is 0. The highest BCUT2D eigenvalue weighted by Crippen LogP contribution is 2.49. The molecule has 96 valence electrons. The van der Waals surface area contributed by atoms with E-state index >= 15 is 0 Å². The first-order valence-corrected chi connectivity index (χ1v) is 7.04. The predicted molar refractivity (Wildman–Crippen MR) is 75.6 cm³/mol. The average Bonchev–Trinajstić information content (AvgIpc) is 2.35. The van der Waals surface area contributed by atoms with Crippen molar-refractivity contribution in [1.29, 1.82) is 0 Å². The van der Waals surface area contributed by atoms with Gasteiger partial charge in [-0.1, -0.05) is 32.9 Å². The van der Waals surface area contributed by atoms with Gasteiger partial charge in [0, 0.05) is 17.9 Å². The van der Waals surface area contributed by atoms with Crippen LogP contribution in [-0.4, -0.2) is 11.0 Å². The summed E-state index contributed by atoms with van der Waals surface area (Å²) in [6.45, 7) is 8.95. The molecule has 0 amide bonds. The zero-order valence-corrected chi connectivity index (χ0v) is 11.4. The number of rotatable bonds is 2. The van der Waals surface area contributed by atoms with Gasteiger partial charge in [-0.3, -0.25) is 0 Å². The van der Waals surface area contributed by atoms with E-state index in [0.29, 0.717) is 11.5 Å². The van der Waals surface area contributed by atoms with E-state index in [2.05, 4.69) is 36.4 Å². The minimum absolute atomic E-state index is 0.539. The van der Waals surface area contributed by atoms with Gasteiger partial charge in [0.1, 0.15) is 5.82 Å². The summed E-state index contributed by atoms with van der Waals surface area (Å²) in [5.41, 5.74) is 3.18. The predicted octanol–water partition coefficient (Wildman–Crippen LogP) is 3.93. The highest BCUT2D eigenvalue weighted by atomic mass is 15.2. The van der Waals surface area contributed by atoms with Crippen molar-refractivity contribution in [2.75, 3.05) is 4.90 Å². The first-order valence-electron chi connectivity index (χ1n) is 7.04. The Morgan fingerprint density at radius 2 is 2.22 bits per heavy atom. The fourth-order valence-electron chi connectivity index (χ4n) is 3.37. The summed E-state index contributed by atoms with van der Waals surface area (Å²) in [4.78, 5) is 7.01. The maximum absolute atomic E-state index is 4.59. The van der Waals surface area contributed by atoms with Gasteiger partial charge in [0.05, 0.1) is 0 Å². The van der Waals surface area contributed by atoms with E-state index in [1.165, 1.54) is 30.5 Å². The van der Waals surface area contributed by atoms with Crippen LogP contribution < -0.4 is 4.90 Å². The van der Waals surface area contributed by atoms with Gasteiger partial charge in [-0.15, -0.1) is 0 Å². The van der Waals surface area contributed by atoms with Crippen LogP contribution in [0, 0.1) is 5.41 Å². The van der Waals surface area contributed by atoms with Crippen molar-refractivity contribution in [2.45, 2.75) is 52.0 Å². The fraction of sp³-hybridized carbons (Fsp3) is 0.562. The highest BCUT2D eigenvalue weighted by molar-refractivity contribution is 5.56. The van der Waals surface area contributed by atoms with Gasteiger partial charge in [-0.25, -0.2) is 4.98 Å². The van der Waals surface area contributed by atoms with E-state index in [9.17, 15) is 0 Å². The van der Waals surface area contributed by atoms with Gasteiger partial charge < -0.3 is 4.90 Å². The summed E-state index contributed by atoms with van der Waals surface area (Å²) in [6.07, 6.45) is 7.91. The molecule has 2 heteroatoms. The Morgan fingerprint density at radius 3 is 2.94 bits per heavy atom. The van der Waals surface area contributed by atoms with Crippen LogP contribution in [0.25, 0.3) is 0 Å². The van der Waals surface area contributed by atoms with E-state index < -0.39 is 0 Å². The molecule has 1 aliphatic carbocycles. The van der Waals surface area contributed by atoms with Gasteiger partial charge in [-0.2, -0.15) is 0 Å². The second-order valence-corrected chi connectivity index (χ2v) is 6.15. The van der Waals surface area contributed by atoms with Gasteiger partial charge in [0.25, 0.3) is 0 Å². The minimum Gasteiger partial charge on any atom is -0.327 e. The van der Waals surface area contributed by atoms with E-state index in [4.69, 9.17) is 0 Å². The topological polar surface area (TPSA) is 16.1 Å². The molecular formula is C16H22N2. The van der Waals surface area contributed by atoms with Crippen LogP contribution in [0.3, 0.4) is 0 Å². The molecule has 0 unspecified atom stereocenters. The number of aromatic nitrogens is 1. The molecule has 1 saturated carbocycles. The lowest BCUT2D eigenvalue weighted by Crippen LogP contribution is -2.50. The Kier molecular flexibility index (Phi) is 2.69. The lowest BCUT2D eigenvalue weighted by Gasteiger charge is -2.52. The molecule has 1 fully saturated rings. The number of hydrogen-bond acceptors (Lipinski definition) is 2. The van der Waals surface area contributed by atoms with E-state index in [-0.39, 0.29) is 0 Å². The lowest BCUT2D eigenvalue weighted by molar-refractivity contribution is 0.119. The van der Waals surface area contributed by atoms with Crippen LogP contribution in [0.2, 0.25) is 0 Å². The summed E-state index contributed by atoms with van der Waals surface area (Å²) in [6, 6.07) is 4.87. The highest BCUT2D eigenvalue weighted by Gasteiger charge is 2.43. The Balaban J connectivity index is 1.86. The van der Waals surface area contributed by atoms with Crippen LogP contribution in [0.4, 0.5) is 5.82 Å². The number of aryl methyl sites for hydroxylation is 1. The molecule has 2 aliphatic rings. The second-order valence-electron chi connectivity index (χ2n) is 6.15. The van der Waals surface area contributed by atoms with Crippen LogP contribution in [0.15, 0.2) is 30.6 Å². The number of fused-ring (bicyclic) bond motifs is 1. The summed E-state index contributed by atoms with van der Waals surface area (Å²) in [5, 5.41) is 0. The summed E-state index contributed by atoms with van der Waals surface area (Å²) in [7, 11) is 0. The average molecular weight is 242 g/mol. The van der Waals surface area contributed by atoms with Crippen molar-refractivity contribution < 1.29 is 0 Å². The van der Waals surface area contributed by atoms with Crippen molar-refractivity contribution >= 4 is 5.82 Å². The van der Waals surface area contributed by atoms with Crippen LogP contribution in [-0.2, 0) is 6.42 Å². The summed E-state index contributed by atoms with van der Waals surface area (Å²) in [5.74, 6) is 1.16. The molecule has 1 aromatic heterocycles. The van der Waals surface area contributed by atoms with Gasteiger partial charge in [0.15, 0.2) is 0 Å². The van der Waals surface area contributed by atoms with Crippen molar-refractivity contribution in [3.05, 3.63) is 36.2 Å². The third kappa shape index (κ3) is 1.75. The maximum Gasteiger partial charge on any atom is 0.136 e. The Hall–Kier alpha value is -1.31. The normalized spacial score (nSPS) is 30.9. The van der Waals surface area contributed by atoms with Gasteiger partial charge >= 0.3 is 0 Å². The van der Waals surface area contributed by atoms with Crippen LogP contribution >= 0.6 is 0 Å². The molecule has 3 rings (SSSR count). The Labute approximate surface area is 110 Å². The molecule has 0 spiro atoms. The maximum atomic E-state index is 4.59. The Morgan fingerprint density at radius 1 is 1.44 bits per heavy atom. The number of allylic oxidation sites excluding steroid dienone is 1. The number of anilines is 1. The molecule has 2 nitrogen and oxygen atoms in total. The SMILES string of the molecule is C=C1CCc2cccnc2N1C1CC(C)(CC)C1. The Bertz CT molecular complexity index is 472. The van der Waals surface area contributed by atoms with E-state index in [1.54, 1.807) is 0 Å². The minimum atomic E-state index is 0.539. The molecule has 18 heavy (non-hydrogen) atoms. The third-order valence-corrected chi connectivity index (χ3v) is 4.79. The van der Waals surface area contributed by atoms with Gasteiger partial charge in [0.2, 0.25) is 0 Å². The summed E-state index contributed by atoms with van der Waals surface area (Å²) < 4.78 is 0. The molecule has 0 bridgehead atoms. The first kappa shape index (κ1) is 11.8. The molecule has 0 saturated heterocycles. The molecule has 0 atom stereocenters. The largest absolute Gasteiger partial charge is 0.327 e. The molecule has 2 heterocycles. The molecule has 0 aromatic carbocycles. The number of nitrogens with zero attached hydrogens (tertiary/aromatic N) is 2. The number of hydrogen-bond donors (Lipinski definition) is 0. The molecular weight excluding hydrogens is 220 g/mol. The smallest absolute Gasteiger partial charge is 0.136 e. The van der Waals surface area contributed by atoms with Crippen molar-refractivity contribution in [1.82, 2.24) is 4.98 Å². The third-order valence-electron chi connectivity index (χ3n) is 4.79. The fourth-order valence-corrected chi connectivity index (χ4v) is 3.37. The van der Waals surface area contributed by atoms with Crippen molar-refractivity contribution in [3.8, 4) is 0 Å². The van der Waals surface area contributed by atoms with Crippen molar-refractivity contribution in [3.63, 3.8) is 0 Å². The van der Waals surface area contributed by atoms with E-state index in [1.807, 2.05) is 12.3 Å². The molecule has 1 aliphatic heterocycles. The van der Waals surface area contributed by atoms with Gasteiger partial charge in [-0.05, 0) is 42.7 Å². The quantitative estimate of drug-likeness (QED) is 0.781. The zero-order chi connectivity index (χ0) is 12.8. The first-order chi connectivity index (χ1) is 8.63.